The fourth-order valence-electron chi connectivity index (χ4n) is 4.09. The first-order valence-corrected chi connectivity index (χ1v) is 14.2. The molecule has 2 aromatic carbocycles. The van der Waals surface area contributed by atoms with E-state index in [-0.39, 0.29) is 37.3 Å². The lowest BCUT2D eigenvalue weighted by atomic mass is 10.1. The number of aliphatic hydroxyl groups is 1. The van der Waals surface area contributed by atoms with Crippen molar-refractivity contribution in [3.8, 4) is 11.5 Å². The molecule has 0 amide bonds. The lowest BCUT2D eigenvalue weighted by Crippen LogP contribution is -2.57. The van der Waals surface area contributed by atoms with Crippen molar-refractivity contribution >= 4 is 35.5 Å². The number of nitrogens with one attached hydrogen (secondary N) is 1. The van der Waals surface area contributed by atoms with Gasteiger partial charge in [0.1, 0.15) is 0 Å². The van der Waals surface area contributed by atoms with Crippen LogP contribution in [0.3, 0.4) is 0 Å². The molecule has 4 unspecified atom stereocenters. The third kappa shape index (κ3) is 8.59. The maximum Gasteiger partial charge on any atom is 0.453 e. The molecule has 0 saturated heterocycles. The number of benzene rings is 2. The number of rotatable bonds is 14. The number of esters is 4. The van der Waals surface area contributed by atoms with Crippen LogP contribution in [-0.4, -0.2) is 72.8 Å². The molecule has 2 aromatic rings. The Morgan fingerprint density at radius 2 is 1.47 bits per heavy atom. The van der Waals surface area contributed by atoms with Gasteiger partial charge in [0.05, 0.1) is 19.3 Å². The molecule has 0 fully saturated rings. The van der Waals surface area contributed by atoms with Gasteiger partial charge in [0.2, 0.25) is 0 Å². The number of carbonyl (C=O) groups is 4. The van der Waals surface area contributed by atoms with Crippen molar-refractivity contribution in [2.45, 2.75) is 71.2 Å². The van der Waals surface area contributed by atoms with Crippen LogP contribution < -0.4 is 14.8 Å². The summed E-state index contributed by atoms with van der Waals surface area (Å²) in [6.45, 7) is 7.95. The van der Waals surface area contributed by atoms with Crippen LogP contribution >= 0.6 is 11.6 Å². The molecule has 0 bridgehead atoms. The molecule has 3 rings (SSSR count). The summed E-state index contributed by atoms with van der Waals surface area (Å²) in [5.74, 6) is -7.19. The predicted octanol–water partition coefficient (Wildman–Crippen LogP) is 3.05. The average Bonchev–Trinajstić information content (AvgIpc) is 3.36. The second-order valence-corrected chi connectivity index (χ2v) is 10.2. The van der Waals surface area contributed by atoms with Crippen LogP contribution in [0.15, 0.2) is 42.5 Å². The van der Waals surface area contributed by atoms with Gasteiger partial charge in [-0.3, -0.25) is 0 Å². The summed E-state index contributed by atoms with van der Waals surface area (Å²) in [6.07, 6.45) is -3.11. The molecule has 4 atom stereocenters. The van der Waals surface area contributed by atoms with Gasteiger partial charge >= 0.3 is 29.7 Å². The highest BCUT2D eigenvalue weighted by atomic mass is 35.5. The highest BCUT2D eigenvalue weighted by Crippen LogP contribution is 2.42. The van der Waals surface area contributed by atoms with E-state index in [0.717, 1.165) is 5.56 Å². The van der Waals surface area contributed by atoms with Crippen LogP contribution in [0.2, 0.25) is 5.02 Å². The molecule has 1 aliphatic rings. The number of hydrogen-bond acceptors (Lipinski definition) is 12. The lowest BCUT2D eigenvalue weighted by molar-refractivity contribution is -0.211. The van der Waals surface area contributed by atoms with Crippen molar-refractivity contribution in [2.75, 3.05) is 19.8 Å². The van der Waals surface area contributed by atoms with E-state index in [9.17, 15) is 24.3 Å². The van der Waals surface area contributed by atoms with Crippen LogP contribution in [0.5, 0.6) is 11.5 Å². The van der Waals surface area contributed by atoms with Crippen LogP contribution in [0.25, 0.3) is 0 Å². The summed E-state index contributed by atoms with van der Waals surface area (Å²) in [5, 5.41) is 14.3. The minimum atomic E-state index is -2.80. The van der Waals surface area contributed by atoms with Gasteiger partial charge in [0.25, 0.3) is 0 Å². The standard InChI is InChI=1S/C30H36ClNO11/c1-6-38-26(34)18(4)40-28(36)30(29(37)41-19(5)27(35)39-7-2)42-24-12-11-20(14-25(24)43-30)13-17(3)32-16-23(33)21-9-8-10-22(31)15-21/h8-12,14-15,17-19,23,32-33H,6-7,13,16H2,1-5H3. The molecule has 1 aliphatic heterocycles. The Morgan fingerprint density at radius 3 is 2.02 bits per heavy atom. The zero-order valence-corrected chi connectivity index (χ0v) is 25.3. The Labute approximate surface area is 254 Å². The average molecular weight is 622 g/mol. The third-order valence-electron chi connectivity index (χ3n) is 6.29. The fraction of sp³-hybridized carbons (Fsp3) is 0.467. The summed E-state index contributed by atoms with van der Waals surface area (Å²) >= 11 is 6.01. The molecule has 0 saturated carbocycles. The summed E-state index contributed by atoms with van der Waals surface area (Å²) in [4.78, 5) is 50.7. The molecule has 0 aliphatic carbocycles. The van der Waals surface area contributed by atoms with Crippen LogP contribution in [-0.2, 0) is 44.5 Å². The van der Waals surface area contributed by atoms with E-state index in [4.69, 9.17) is 40.0 Å². The van der Waals surface area contributed by atoms with E-state index in [1.165, 1.54) is 19.9 Å². The smallest absolute Gasteiger partial charge is 0.453 e. The monoisotopic (exact) mass is 621 g/mol. The van der Waals surface area contributed by atoms with E-state index in [0.29, 0.717) is 17.0 Å². The van der Waals surface area contributed by atoms with Gasteiger partial charge in [-0.15, -0.1) is 0 Å². The van der Waals surface area contributed by atoms with E-state index < -0.39 is 48.0 Å². The number of fused-ring (bicyclic) bond motifs is 1. The van der Waals surface area contributed by atoms with E-state index >= 15 is 0 Å². The maximum atomic E-state index is 13.3. The van der Waals surface area contributed by atoms with E-state index in [1.807, 2.05) is 6.92 Å². The summed E-state index contributed by atoms with van der Waals surface area (Å²) < 4.78 is 31.5. The van der Waals surface area contributed by atoms with E-state index in [1.54, 1.807) is 50.2 Å². The molecule has 0 radical (unpaired) electrons. The summed E-state index contributed by atoms with van der Waals surface area (Å²) in [6, 6.07) is 11.6. The Kier molecular flexibility index (Phi) is 11.8. The van der Waals surface area contributed by atoms with Crippen molar-refractivity contribution in [2.24, 2.45) is 0 Å². The molecule has 0 spiro atoms. The first-order valence-electron chi connectivity index (χ1n) is 13.8. The minimum absolute atomic E-state index is 0.0298. The van der Waals surface area contributed by atoms with Gasteiger partial charge < -0.3 is 38.8 Å². The normalized spacial score (nSPS) is 18.1. The number of ether oxygens (including phenoxy) is 6. The molecule has 0 aromatic heterocycles. The zero-order valence-electron chi connectivity index (χ0n) is 24.6. The maximum absolute atomic E-state index is 13.3. The summed E-state index contributed by atoms with van der Waals surface area (Å²) in [7, 11) is 0. The second kappa shape index (κ2) is 15.0. The van der Waals surface area contributed by atoms with Crippen molar-refractivity contribution in [3.05, 3.63) is 58.6 Å². The Balaban J connectivity index is 1.75. The van der Waals surface area contributed by atoms with Crippen LogP contribution in [0, 0.1) is 0 Å². The number of carbonyl (C=O) groups excluding carboxylic acids is 4. The molecule has 12 nitrogen and oxygen atoms in total. The SMILES string of the molecule is CCOC(=O)C(C)OC(=O)C1(C(=O)OC(C)C(=O)OCC)Oc2ccc(CC(C)NCC(O)c3cccc(Cl)c3)cc2O1. The molecule has 43 heavy (non-hydrogen) atoms. The van der Waals surface area contributed by atoms with Crippen LogP contribution in [0.1, 0.15) is 51.8 Å². The van der Waals surface area contributed by atoms with Gasteiger partial charge in [-0.2, -0.15) is 0 Å². The minimum Gasteiger partial charge on any atom is -0.463 e. The molecule has 13 heteroatoms. The molecular weight excluding hydrogens is 586 g/mol. The lowest BCUT2D eigenvalue weighted by Gasteiger charge is -2.25. The van der Waals surface area contributed by atoms with Gasteiger partial charge in [-0.05, 0) is 76.4 Å². The molecule has 234 valence electrons. The van der Waals surface area contributed by atoms with Crippen molar-refractivity contribution in [3.63, 3.8) is 0 Å². The highest BCUT2D eigenvalue weighted by molar-refractivity contribution is 6.30. The number of aliphatic hydroxyl groups excluding tert-OH is 1. The number of halogens is 1. The molecule has 1 heterocycles. The van der Waals surface area contributed by atoms with Crippen molar-refractivity contribution in [1.82, 2.24) is 5.32 Å². The Morgan fingerprint density at radius 1 is 0.884 bits per heavy atom. The highest BCUT2D eigenvalue weighted by Gasteiger charge is 2.61. The zero-order chi connectivity index (χ0) is 31.7. The quantitative estimate of drug-likeness (QED) is 0.181. The van der Waals surface area contributed by atoms with Gasteiger partial charge in [0.15, 0.2) is 23.7 Å². The Bertz CT molecular complexity index is 1280. The van der Waals surface area contributed by atoms with Gasteiger partial charge in [0, 0.05) is 17.6 Å². The predicted molar refractivity (Wildman–Crippen MR) is 152 cm³/mol. The van der Waals surface area contributed by atoms with E-state index in [2.05, 4.69) is 5.32 Å². The largest absolute Gasteiger partial charge is 0.463 e. The Hall–Kier alpha value is -3.87. The van der Waals surface area contributed by atoms with Crippen molar-refractivity contribution in [1.29, 1.82) is 0 Å². The molecular formula is C30H36ClNO11. The topological polar surface area (TPSA) is 156 Å². The molecule has 2 N–H and O–H groups in total. The first-order chi connectivity index (χ1) is 20.4. The first kappa shape index (κ1) is 33.6. The van der Waals surface area contributed by atoms with Gasteiger partial charge in [-0.25, -0.2) is 19.2 Å². The van der Waals surface area contributed by atoms with Crippen LogP contribution in [0.4, 0.5) is 0 Å². The number of hydrogen-bond donors (Lipinski definition) is 2. The fourth-order valence-corrected chi connectivity index (χ4v) is 4.28. The summed E-state index contributed by atoms with van der Waals surface area (Å²) in [5.41, 5.74) is 1.43. The van der Waals surface area contributed by atoms with Crippen molar-refractivity contribution < 1.29 is 52.7 Å². The third-order valence-corrected chi connectivity index (χ3v) is 6.53. The second-order valence-electron chi connectivity index (χ2n) is 9.79. The van der Waals surface area contributed by atoms with Gasteiger partial charge in [-0.1, -0.05) is 29.8 Å².